The molecule has 0 spiro atoms. The van der Waals surface area contributed by atoms with Gasteiger partial charge in [0.25, 0.3) is 0 Å². The minimum absolute atomic E-state index is 0.0318. The van der Waals surface area contributed by atoms with Crippen molar-refractivity contribution in [1.29, 1.82) is 0 Å². The van der Waals surface area contributed by atoms with Gasteiger partial charge in [0.1, 0.15) is 5.75 Å². The Bertz CT molecular complexity index is 867. The molecule has 3 aromatic rings. The van der Waals surface area contributed by atoms with Gasteiger partial charge in [0.15, 0.2) is 0 Å². The Labute approximate surface area is 162 Å². The van der Waals surface area contributed by atoms with Crippen molar-refractivity contribution in [3.8, 4) is 11.4 Å². The SMILES string of the molecule is CCC(Sc1nnnn1-c1ccc(OC)cc1)C(=O)NCc1ccccc1. The predicted molar refractivity (Wildman–Crippen MR) is 104 cm³/mol. The van der Waals surface area contributed by atoms with Crippen LogP contribution >= 0.6 is 11.8 Å². The molecule has 7 nitrogen and oxygen atoms in total. The normalized spacial score (nSPS) is 11.8. The van der Waals surface area contributed by atoms with Crippen molar-refractivity contribution < 1.29 is 9.53 Å². The van der Waals surface area contributed by atoms with Gasteiger partial charge in [-0.15, -0.1) is 5.10 Å². The quantitative estimate of drug-likeness (QED) is 0.603. The fourth-order valence-electron chi connectivity index (χ4n) is 2.49. The van der Waals surface area contributed by atoms with Crippen LogP contribution in [0.15, 0.2) is 59.8 Å². The number of carbonyl (C=O) groups excluding carboxylic acids is 1. The van der Waals surface area contributed by atoms with E-state index in [1.807, 2.05) is 61.5 Å². The molecule has 1 aromatic heterocycles. The lowest BCUT2D eigenvalue weighted by Gasteiger charge is -2.14. The van der Waals surface area contributed by atoms with Crippen molar-refractivity contribution in [2.75, 3.05) is 7.11 Å². The molecule has 0 radical (unpaired) electrons. The Morgan fingerprint density at radius 2 is 1.93 bits per heavy atom. The number of carbonyl (C=O) groups is 1. The fraction of sp³-hybridized carbons (Fsp3) is 0.263. The van der Waals surface area contributed by atoms with Crippen molar-refractivity contribution in [3.63, 3.8) is 0 Å². The van der Waals surface area contributed by atoms with E-state index in [9.17, 15) is 4.79 Å². The van der Waals surface area contributed by atoms with Crippen LogP contribution < -0.4 is 10.1 Å². The minimum Gasteiger partial charge on any atom is -0.497 e. The monoisotopic (exact) mass is 383 g/mol. The Hall–Kier alpha value is -2.87. The number of thioether (sulfide) groups is 1. The maximum absolute atomic E-state index is 12.6. The van der Waals surface area contributed by atoms with Crippen molar-refractivity contribution in [2.24, 2.45) is 0 Å². The molecule has 0 aliphatic rings. The lowest BCUT2D eigenvalue weighted by atomic mass is 10.2. The summed E-state index contributed by atoms with van der Waals surface area (Å²) in [6.07, 6.45) is 0.667. The van der Waals surface area contributed by atoms with Gasteiger partial charge in [-0.1, -0.05) is 49.0 Å². The number of benzene rings is 2. The molecule has 2 aromatic carbocycles. The summed E-state index contributed by atoms with van der Waals surface area (Å²) in [6.45, 7) is 2.47. The van der Waals surface area contributed by atoms with E-state index in [0.29, 0.717) is 18.1 Å². The molecule has 0 fully saturated rings. The molecule has 1 amide bonds. The number of hydrogen-bond acceptors (Lipinski definition) is 6. The standard InChI is InChI=1S/C19H21N5O2S/c1-3-17(18(25)20-13-14-7-5-4-6-8-14)27-19-21-22-23-24(19)15-9-11-16(26-2)12-10-15/h4-12,17H,3,13H2,1-2H3,(H,20,25). The molecule has 0 saturated heterocycles. The average Bonchev–Trinajstić information content (AvgIpc) is 3.19. The fourth-order valence-corrected chi connectivity index (χ4v) is 3.42. The summed E-state index contributed by atoms with van der Waals surface area (Å²) in [4.78, 5) is 12.6. The summed E-state index contributed by atoms with van der Waals surface area (Å²) in [5.41, 5.74) is 1.87. The van der Waals surface area contributed by atoms with Crippen LogP contribution in [-0.2, 0) is 11.3 Å². The minimum atomic E-state index is -0.281. The van der Waals surface area contributed by atoms with E-state index in [1.54, 1.807) is 11.8 Å². The topological polar surface area (TPSA) is 81.9 Å². The van der Waals surface area contributed by atoms with Gasteiger partial charge in [-0.2, -0.15) is 4.68 Å². The molecule has 1 atom stereocenters. The lowest BCUT2D eigenvalue weighted by molar-refractivity contribution is -0.120. The third kappa shape index (κ3) is 4.85. The van der Waals surface area contributed by atoms with Crippen LogP contribution in [0.3, 0.4) is 0 Å². The zero-order valence-electron chi connectivity index (χ0n) is 15.2. The van der Waals surface area contributed by atoms with Crippen molar-refractivity contribution >= 4 is 17.7 Å². The molecule has 0 aliphatic heterocycles. The summed E-state index contributed by atoms with van der Waals surface area (Å²) in [5.74, 6) is 0.725. The summed E-state index contributed by atoms with van der Waals surface area (Å²) < 4.78 is 6.80. The second kappa shape index (κ2) is 9.18. The second-order valence-corrected chi connectivity index (χ2v) is 6.96. The summed E-state index contributed by atoms with van der Waals surface area (Å²) >= 11 is 1.35. The molecule has 140 valence electrons. The van der Waals surface area contributed by atoms with Gasteiger partial charge in [-0.3, -0.25) is 4.79 Å². The highest BCUT2D eigenvalue weighted by atomic mass is 32.2. The second-order valence-electron chi connectivity index (χ2n) is 5.79. The first-order valence-corrected chi connectivity index (χ1v) is 9.50. The first-order valence-electron chi connectivity index (χ1n) is 8.62. The summed E-state index contributed by atoms with van der Waals surface area (Å²) in [5, 5.41) is 15.2. The first-order chi connectivity index (χ1) is 13.2. The largest absolute Gasteiger partial charge is 0.497 e. The number of tetrazole rings is 1. The van der Waals surface area contributed by atoms with Gasteiger partial charge in [0.2, 0.25) is 11.1 Å². The van der Waals surface area contributed by atoms with Crippen molar-refractivity contribution in [2.45, 2.75) is 30.3 Å². The summed E-state index contributed by atoms with van der Waals surface area (Å²) in [6, 6.07) is 17.3. The van der Waals surface area contributed by atoms with E-state index in [-0.39, 0.29) is 11.2 Å². The van der Waals surface area contributed by atoms with Gasteiger partial charge in [-0.05, 0) is 46.7 Å². The summed E-state index contributed by atoms with van der Waals surface area (Å²) in [7, 11) is 1.62. The third-order valence-electron chi connectivity index (χ3n) is 3.98. The molecule has 0 saturated carbocycles. The number of nitrogens with zero attached hydrogens (tertiary/aromatic N) is 4. The van der Waals surface area contributed by atoms with E-state index in [4.69, 9.17) is 4.74 Å². The highest BCUT2D eigenvalue weighted by Crippen LogP contribution is 2.26. The van der Waals surface area contributed by atoms with E-state index < -0.39 is 0 Å². The van der Waals surface area contributed by atoms with Crippen LogP contribution in [0.4, 0.5) is 0 Å². The Kier molecular flexibility index (Phi) is 6.43. The maximum Gasteiger partial charge on any atom is 0.233 e. The van der Waals surface area contributed by atoms with E-state index in [0.717, 1.165) is 17.0 Å². The zero-order chi connectivity index (χ0) is 19.1. The zero-order valence-corrected chi connectivity index (χ0v) is 16.0. The van der Waals surface area contributed by atoms with Crippen LogP contribution in [0.5, 0.6) is 5.75 Å². The Balaban J connectivity index is 1.67. The van der Waals surface area contributed by atoms with Gasteiger partial charge < -0.3 is 10.1 Å². The molecule has 3 rings (SSSR count). The van der Waals surface area contributed by atoms with Gasteiger partial charge >= 0.3 is 0 Å². The van der Waals surface area contributed by atoms with Crippen molar-refractivity contribution in [3.05, 3.63) is 60.2 Å². The lowest BCUT2D eigenvalue weighted by Crippen LogP contribution is -2.32. The van der Waals surface area contributed by atoms with Gasteiger partial charge in [0.05, 0.1) is 18.0 Å². The van der Waals surface area contributed by atoms with Crippen LogP contribution in [0, 0.1) is 0 Å². The number of ether oxygens (including phenoxy) is 1. The molecular formula is C19H21N5O2S. The predicted octanol–water partition coefficient (Wildman–Crippen LogP) is 2.86. The first kappa shape index (κ1) is 18.9. The Morgan fingerprint density at radius 1 is 1.19 bits per heavy atom. The molecule has 1 heterocycles. The number of aromatic nitrogens is 4. The number of nitrogens with one attached hydrogen (secondary N) is 1. The van der Waals surface area contributed by atoms with E-state index in [2.05, 4.69) is 20.8 Å². The molecule has 8 heteroatoms. The van der Waals surface area contributed by atoms with Crippen LogP contribution in [0.25, 0.3) is 5.69 Å². The molecule has 27 heavy (non-hydrogen) atoms. The number of methoxy groups -OCH3 is 1. The van der Waals surface area contributed by atoms with Crippen LogP contribution in [-0.4, -0.2) is 38.5 Å². The molecule has 1 N–H and O–H groups in total. The maximum atomic E-state index is 12.6. The molecule has 1 unspecified atom stereocenters. The number of amides is 1. The molecular weight excluding hydrogens is 362 g/mol. The Morgan fingerprint density at radius 3 is 2.59 bits per heavy atom. The number of rotatable bonds is 8. The molecule has 0 aliphatic carbocycles. The van der Waals surface area contributed by atoms with Crippen LogP contribution in [0.1, 0.15) is 18.9 Å². The molecule has 0 bridgehead atoms. The van der Waals surface area contributed by atoms with Crippen LogP contribution in [0.2, 0.25) is 0 Å². The van der Waals surface area contributed by atoms with Crippen molar-refractivity contribution in [1.82, 2.24) is 25.5 Å². The van der Waals surface area contributed by atoms with E-state index in [1.165, 1.54) is 11.8 Å². The average molecular weight is 383 g/mol. The highest BCUT2D eigenvalue weighted by molar-refractivity contribution is 8.00. The smallest absolute Gasteiger partial charge is 0.233 e. The number of hydrogen-bond donors (Lipinski definition) is 1. The van der Waals surface area contributed by atoms with E-state index >= 15 is 0 Å². The van der Waals surface area contributed by atoms with Gasteiger partial charge in [0, 0.05) is 6.54 Å². The third-order valence-corrected chi connectivity index (χ3v) is 5.28. The van der Waals surface area contributed by atoms with Gasteiger partial charge in [-0.25, -0.2) is 0 Å². The highest BCUT2D eigenvalue weighted by Gasteiger charge is 2.21.